The van der Waals surface area contributed by atoms with Crippen molar-refractivity contribution in [2.45, 2.75) is 57.4 Å². The van der Waals surface area contributed by atoms with Crippen LogP contribution in [0.2, 0.25) is 0 Å². The molecule has 0 spiro atoms. The quantitative estimate of drug-likeness (QED) is 0.916. The summed E-state index contributed by atoms with van der Waals surface area (Å²) in [6.07, 6.45) is 14.2. The molecule has 0 amide bonds. The summed E-state index contributed by atoms with van der Waals surface area (Å²) in [5, 5.41) is 0. The lowest BCUT2D eigenvalue weighted by Crippen LogP contribution is -2.51. The average Bonchev–Trinajstić information content (AvgIpc) is 2.86. The SMILES string of the molecule is CC(CN)Cc1cn(C23CC4CC(CC(C4)C2)C3)cn1. The topological polar surface area (TPSA) is 43.8 Å². The van der Waals surface area contributed by atoms with Crippen LogP contribution in [0.5, 0.6) is 0 Å². The van der Waals surface area contributed by atoms with Gasteiger partial charge in [0.25, 0.3) is 0 Å². The molecule has 1 aromatic rings. The Hall–Kier alpha value is -0.830. The third-order valence-corrected chi connectivity index (χ3v) is 6.15. The van der Waals surface area contributed by atoms with E-state index >= 15 is 0 Å². The summed E-state index contributed by atoms with van der Waals surface area (Å²) in [6.45, 7) is 2.97. The summed E-state index contributed by atoms with van der Waals surface area (Å²) < 4.78 is 2.50. The van der Waals surface area contributed by atoms with Crippen molar-refractivity contribution < 1.29 is 0 Å². The molecule has 3 nitrogen and oxygen atoms in total. The minimum atomic E-state index is 0.423. The van der Waals surface area contributed by atoms with Gasteiger partial charge in [-0.1, -0.05) is 6.92 Å². The number of nitrogens with zero attached hydrogens (tertiary/aromatic N) is 2. The van der Waals surface area contributed by atoms with Crippen molar-refractivity contribution in [2.24, 2.45) is 29.4 Å². The molecule has 110 valence electrons. The molecule has 1 heterocycles. The van der Waals surface area contributed by atoms with Gasteiger partial charge in [-0.25, -0.2) is 4.98 Å². The molecule has 4 aliphatic rings. The van der Waals surface area contributed by atoms with Crippen molar-refractivity contribution in [3.8, 4) is 0 Å². The number of hydrogen-bond acceptors (Lipinski definition) is 2. The zero-order chi connectivity index (χ0) is 13.7. The van der Waals surface area contributed by atoms with Crippen molar-refractivity contribution >= 4 is 0 Å². The van der Waals surface area contributed by atoms with Gasteiger partial charge in [0.05, 0.1) is 12.0 Å². The van der Waals surface area contributed by atoms with Gasteiger partial charge in [0, 0.05) is 11.7 Å². The first-order valence-corrected chi connectivity index (χ1v) is 8.40. The molecule has 4 saturated carbocycles. The Kier molecular flexibility index (Phi) is 2.95. The van der Waals surface area contributed by atoms with Gasteiger partial charge < -0.3 is 10.3 Å². The standard InChI is InChI=1S/C17H27N3/c1-12(9-18)2-16-10-20(11-19-16)17-6-13-3-14(7-17)5-15(4-13)8-17/h10-15H,2-9,18H2,1H3. The highest BCUT2D eigenvalue weighted by Gasteiger charge is 2.51. The first kappa shape index (κ1) is 12.9. The van der Waals surface area contributed by atoms with E-state index in [1.807, 2.05) is 0 Å². The van der Waals surface area contributed by atoms with Gasteiger partial charge in [0.2, 0.25) is 0 Å². The third-order valence-electron chi connectivity index (χ3n) is 6.15. The van der Waals surface area contributed by atoms with Crippen molar-refractivity contribution in [1.29, 1.82) is 0 Å². The largest absolute Gasteiger partial charge is 0.331 e. The molecular formula is C17H27N3. The van der Waals surface area contributed by atoms with Crippen LogP contribution in [0.3, 0.4) is 0 Å². The van der Waals surface area contributed by atoms with Crippen LogP contribution in [0.4, 0.5) is 0 Å². The van der Waals surface area contributed by atoms with Crippen LogP contribution in [0.15, 0.2) is 12.5 Å². The van der Waals surface area contributed by atoms with E-state index in [1.54, 1.807) is 0 Å². The maximum absolute atomic E-state index is 5.74. The van der Waals surface area contributed by atoms with Crippen LogP contribution in [0.1, 0.15) is 51.1 Å². The lowest BCUT2D eigenvalue weighted by molar-refractivity contribution is -0.0431. The van der Waals surface area contributed by atoms with Crippen LogP contribution in [-0.2, 0) is 12.0 Å². The summed E-state index contributed by atoms with van der Waals surface area (Å²) in [5.41, 5.74) is 7.40. The first-order valence-electron chi connectivity index (χ1n) is 8.40. The van der Waals surface area contributed by atoms with Crippen LogP contribution in [0, 0.1) is 23.7 Å². The summed E-state index contributed by atoms with van der Waals surface area (Å²) in [7, 11) is 0. The molecular weight excluding hydrogens is 246 g/mol. The number of nitrogens with two attached hydrogens (primary N) is 1. The summed E-state index contributed by atoms with van der Waals surface area (Å²) >= 11 is 0. The van der Waals surface area contributed by atoms with E-state index in [4.69, 9.17) is 5.73 Å². The zero-order valence-electron chi connectivity index (χ0n) is 12.6. The second-order valence-electron chi connectivity index (χ2n) is 7.96. The van der Waals surface area contributed by atoms with E-state index < -0.39 is 0 Å². The van der Waals surface area contributed by atoms with Crippen LogP contribution >= 0.6 is 0 Å². The Labute approximate surface area is 122 Å². The molecule has 0 aromatic carbocycles. The van der Waals surface area contributed by atoms with Gasteiger partial charge in [0.15, 0.2) is 0 Å². The predicted molar refractivity (Wildman–Crippen MR) is 80.3 cm³/mol. The molecule has 0 aliphatic heterocycles. The van der Waals surface area contributed by atoms with Crippen LogP contribution < -0.4 is 5.73 Å². The number of imidazole rings is 1. The molecule has 1 atom stereocenters. The molecule has 5 rings (SSSR count). The highest BCUT2D eigenvalue weighted by Crippen LogP contribution is 2.58. The lowest BCUT2D eigenvalue weighted by Gasteiger charge is -2.57. The molecule has 1 aromatic heterocycles. The maximum Gasteiger partial charge on any atom is 0.0954 e. The van der Waals surface area contributed by atoms with Crippen molar-refractivity contribution in [2.75, 3.05) is 6.54 Å². The maximum atomic E-state index is 5.74. The monoisotopic (exact) mass is 273 g/mol. The fourth-order valence-corrected chi connectivity index (χ4v) is 5.55. The molecule has 4 fully saturated rings. The Balaban J connectivity index is 1.58. The van der Waals surface area contributed by atoms with Gasteiger partial charge >= 0.3 is 0 Å². The van der Waals surface area contributed by atoms with E-state index in [2.05, 4.69) is 29.0 Å². The third kappa shape index (κ3) is 2.02. The molecule has 4 aliphatic carbocycles. The van der Waals surface area contributed by atoms with Gasteiger partial charge in [-0.2, -0.15) is 0 Å². The molecule has 4 bridgehead atoms. The minimum Gasteiger partial charge on any atom is -0.331 e. The fourth-order valence-electron chi connectivity index (χ4n) is 5.55. The van der Waals surface area contributed by atoms with Gasteiger partial charge in [-0.05, 0) is 75.2 Å². The fraction of sp³-hybridized carbons (Fsp3) is 0.824. The second-order valence-corrected chi connectivity index (χ2v) is 7.96. The van der Waals surface area contributed by atoms with Crippen molar-refractivity contribution in [3.63, 3.8) is 0 Å². The Morgan fingerprint density at radius 1 is 1.25 bits per heavy atom. The van der Waals surface area contributed by atoms with E-state index in [9.17, 15) is 0 Å². The highest BCUT2D eigenvalue weighted by molar-refractivity contribution is 5.09. The average molecular weight is 273 g/mol. The Bertz CT molecular complexity index is 455. The van der Waals surface area contributed by atoms with Crippen molar-refractivity contribution in [1.82, 2.24) is 9.55 Å². The number of hydrogen-bond donors (Lipinski definition) is 1. The van der Waals surface area contributed by atoms with E-state index in [-0.39, 0.29) is 0 Å². The molecule has 0 saturated heterocycles. The summed E-state index contributed by atoms with van der Waals surface area (Å²) in [5.74, 6) is 3.52. The lowest BCUT2D eigenvalue weighted by atomic mass is 9.53. The molecule has 2 N–H and O–H groups in total. The highest BCUT2D eigenvalue weighted by atomic mass is 15.1. The molecule has 20 heavy (non-hydrogen) atoms. The summed E-state index contributed by atoms with van der Waals surface area (Å²) in [4.78, 5) is 4.67. The molecule has 3 heteroatoms. The molecule has 0 radical (unpaired) electrons. The van der Waals surface area contributed by atoms with E-state index in [1.165, 1.54) is 44.2 Å². The molecule has 1 unspecified atom stereocenters. The van der Waals surface area contributed by atoms with Crippen LogP contribution in [0.25, 0.3) is 0 Å². The smallest absolute Gasteiger partial charge is 0.0954 e. The normalized spacial score (nSPS) is 40.2. The minimum absolute atomic E-state index is 0.423. The van der Waals surface area contributed by atoms with Crippen LogP contribution in [-0.4, -0.2) is 16.1 Å². The van der Waals surface area contributed by atoms with Gasteiger partial charge in [0.1, 0.15) is 0 Å². The van der Waals surface area contributed by atoms with E-state index in [0.29, 0.717) is 11.5 Å². The summed E-state index contributed by atoms with van der Waals surface area (Å²) in [6, 6.07) is 0. The second kappa shape index (κ2) is 4.59. The Morgan fingerprint density at radius 3 is 2.40 bits per heavy atom. The number of aromatic nitrogens is 2. The van der Waals surface area contributed by atoms with Crippen molar-refractivity contribution in [3.05, 3.63) is 18.2 Å². The zero-order valence-corrected chi connectivity index (χ0v) is 12.6. The number of rotatable bonds is 4. The first-order chi connectivity index (χ1) is 9.67. The van der Waals surface area contributed by atoms with E-state index in [0.717, 1.165) is 30.7 Å². The van der Waals surface area contributed by atoms with Gasteiger partial charge in [-0.3, -0.25) is 0 Å². The van der Waals surface area contributed by atoms with Gasteiger partial charge in [-0.15, -0.1) is 0 Å². The Morgan fingerprint density at radius 2 is 1.85 bits per heavy atom. The predicted octanol–water partition coefficient (Wildman–Crippen LogP) is 2.95.